The Kier molecular flexibility index (Phi) is 1.10. The van der Waals surface area contributed by atoms with Gasteiger partial charge in [0.05, 0.1) is 0 Å². The van der Waals surface area contributed by atoms with E-state index in [9.17, 15) is 0 Å². The van der Waals surface area contributed by atoms with Gasteiger partial charge in [0.1, 0.15) is 0 Å². The molecule has 1 atom stereocenters. The summed E-state index contributed by atoms with van der Waals surface area (Å²) in [6, 6.07) is 0.741. The Morgan fingerprint density at radius 2 is 2.67 bits per heavy atom. The number of hydrogen-bond acceptors (Lipinski definition) is 1. The van der Waals surface area contributed by atoms with Gasteiger partial charge in [0.25, 0.3) is 0 Å². The third-order valence-corrected chi connectivity index (χ3v) is 1.15. The summed E-state index contributed by atoms with van der Waals surface area (Å²) < 4.78 is 0. The second-order valence-corrected chi connectivity index (χ2v) is 1.85. The minimum Gasteiger partial charge on any atom is -0.310 e. The lowest BCUT2D eigenvalue weighted by Crippen LogP contribution is -2.12. The molecule has 1 aliphatic heterocycles. The highest BCUT2D eigenvalue weighted by Gasteiger charge is 2.05. The van der Waals surface area contributed by atoms with Crippen LogP contribution in [0.1, 0.15) is 19.8 Å². The SMILES string of the molecule is C[C@@H]1CC[CH]N1. The van der Waals surface area contributed by atoms with Gasteiger partial charge in [-0.2, -0.15) is 0 Å². The lowest BCUT2D eigenvalue weighted by atomic mass is 10.3. The van der Waals surface area contributed by atoms with E-state index in [2.05, 4.69) is 18.8 Å². The Hall–Kier alpha value is -0.0400. The Labute approximate surface area is 38.7 Å². The van der Waals surface area contributed by atoms with E-state index >= 15 is 0 Å². The fourth-order valence-electron chi connectivity index (χ4n) is 0.701. The smallest absolute Gasteiger partial charge is 0.0224 e. The topological polar surface area (TPSA) is 12.0 Å². The van der Waals surface area contributed by atoms with E-state index in [0.717, 1.165) is 6.04 Å². The summed E-state index contributed by atoms with van der Waals surface area (Å²) in [4.78, 5) is 0. The predicted octanol–water partition coefficient (Wildman–Crippen LogP) is 0.920. The Balaban J connectivity index is 2.18. The van der Waals surface area contributed by atoms with Crippen LogP contribution in [-0.4, -0.2) is 6.04 Å². The van der Waals surface area contributed by atoms with Gasteiger partial charge in [0.15, 0.2) is 0 Å². The minimum atomic E-state index is 0.741. The van der Waals surface area contributed by atoms with Crippen molar-refractivity contribution in [3.05, 3.63) is 6.54 Å². The molecule has 0 aromatic carbocycles. The van der Waals surface area contributed by atoms with E-state index in [1.165, 1.54) is 12.8 Å². The van der Waals surface area contributed by atoms with Crippen molar-refractivity contribution in [2.24, 2.45) is 0 Å². The van der Waals surface area contributed by atoms with Crippen molar-refractivity contribution >= 4 is 0 Å². The lowest BCUT2D eigenvalue weighted by molar-refractivity contribution is 0.680. The maximum atomic E-state index is 3.19. The van der Waals surface area contributed by atoms with E-state index in [-0.39, 0.29) is 0 Å². The summed E-state index contributed by atoms with van der Waals surface area (Å²) in [5.74, 6) is 0. The van der Waals surface area contributed by atoms with Crippen LogP contribution in [0.15, 0.2) is 0 Å². The normalized spacial score (nSPS) is 34.5. The van der Waals surface area contributed by atoms with Gasteiger partial charge < -0.3 is 5.32 Å². The summed E-state index contributed by atoms with van der Waals surface area (Å²) >= 11 is 0. The molecule has 0 amide bonds. The van der Waals surface area contributed by atoms with Crippen LogP contribution in [-0.2, 0) is 0 Å². The predicted molar refractivity (Wildman–Crippen MR) is 26.1 cm³/mol. The van der Waals surface area contributed by atoms with Crippen LogP contribution in [0.25, 0.3) is 0 Å². The highest BCUT2D eigenvalue weighted by Crippen LogP contribution is 2.05. The zero-order valence-corrected chi connectivity index (χ0v) is 4.07. The Bertz CT molecular complexity index is 37.2. The lowest BCUT2D eigenvalue weighted by Gasteiger charge is -1.94. The number of rotatable bonds is 0. The first-order chi connectivity index (χ1) is 2.89. The van der Waals surface area contributed by atoms with E-state index < -0.39 is 0 Å². The van der Waals surface area contributed by atoms with Crippen LogP contribution in [0.4, 0.5) is 0 Å². The summed E-state index contributed by atoms with van der Waals surface area (Å²) in [6.45, 7) is 4.33. The van der Waals surface area contributed by atoms with Gasteiger partial charge >= 0.3 is 0 Å². The molecule has 0 saturated carbocycles. The van der Waals surface area contributed by atoms with Crippen LogP contribution in [0.2, 0.25) is 0 Å². The average Bonchev–Trinajstić information content (AvgIpc) is 1.86. The first kappa shape index (κ1) is 4.13. The molecule has 0 aromatic heterocycles. The van der Waals surface area contributed by atoms with Crippen molar-refractivity contribution in [1.82, 2.24) is 5.32 Å². The quantitative estimate of drug-likeness (QED) is 0.460. The van der Waals surface area contributed by atoms with Crippen molar-refractivity contribution < 1.29 is 0 Å². The van der Waals surface area contributed by atoms with Gasteiger partial charge in [0, 0.05) is 12.6 Å². The van der Waals surface area contributed by atoms with Crippen molar-refractivity contribution in [1.29, 1.82) is 0 Å². The average molecular weight is 84.1 g/mol. The fourth-order valence-corrected chi connectivity index (χ4v) is 0.701. The van der Waals surface area contributed by atoms with Crippen molar-refractivity contribution in [3.8, 4) is 0 Å². The van der Waals surface area contributed by atoms with Gasteiger partial charge in [-0.3, -0.25) is 0 Å². The molecule has 1 nitrogen and oxygen atoms in total. The molecule has 1 heteroatoms. The van der Waals surface area contributed by atoms with Gasteiger partial charge in [-0.25, -0.2) is 0 Å². The molecule has 35 valence electrons. The number of nitrogens with one attached hydrogen (secondary N) is 1. The summed E-state index contributed by atoms with van der Waals surface area (Å²) in [5, 5.41) is 3.19. The first-order valence-electron chi connectivity index (χ1n) is 2.47. The molecule has 1 aliphatic rings. The maximum Gasteiger partial charge on any atom is 0.0224 e. The minimum absolute atomic E-state index is 0.741. The summed E-state index contributed by atoms with van der Waals surface area (Å²) in [5.41, 5.74) is 0. The Morgan fingerprint density at radius 1 is 1.83 bits per heavy atom. The standard InChI is InChI=1S/C5H10N/c1-5-3-2-4-6-5/h4-6H,2-3H2,1H3/t5-/m1/s1. The molecule has 0 aromatic rings. The summed E-state index contributed by atoms with van der Waals surface area (Å²) in [6.07, 6.45) is 2.57. The van der Waals surface area contributed by atoms with Crippen LogP contribution in [0.5, 0.6) is 0 Å². The largest absolute Gasteiger partial charge is 0.310 e. The molecule has 0 unspecified atom stereocenters. The maximum absolute atomic E-state index is 3.19. The first-order valence-corrected chi connectivity index (χ1v) is 2.47. The molecule has 0 spiro atoms. The zero-order valence-electron chi connectivity index (χ0n) is 4.07. The van der Waals surface area contributed by atoms with Crippen LogP contribution >= 0.6 is 0 Å². The van der Waals surface area contributed by atoms with E-state index in [4.69, 9.17) is 0 Å². The summed E-state index contributed by atoms with van der Waals surface area (Å²) in [7, 11) is 0. The van der Waals surface area contributed by atoms with Crippen LogP contribution in [0.3, 0.4) is 0 Å². The molecule has 1 heterocycles. The molecule has 0 aliphatic carbocycles. The van der Waals surface area contributed by atoms with Crippen LogP contribution < -0.4 is 5.32 Å². The molecular weight excluding hydrogens is 74.1 g/mol. The van der Waals surface area contributed by atoms with Gasteiger partial charge in [-0.15, -0.1) is 0 Å². The highest BCUT2D eigenvalue weighted by molar-refractivity contribution is 4.77. The Morgan fingerprint density at radius 3 is 2.83 bits per heavy atom. The third kappa shape index (κ3) is 0.716. The van der Waals surface area contributed by atoms with Gasteiger partial charge in [-0.05, 0) is 19.8 Å². The third-order valence-electron chi connectivity index (χ3n) is 1.15. The zero-order chi connectivity index (χ0) is 4.41. The van der Waals surface area contributed by atoms with Gasteiger partial charge in [0.2, 0.25) is 0 Å². The molecule has 1 radical (unpaired) electrons. The number of hydrogen-bond donors (Lipinski definition) is 1. The van der Waals surface area contributed by atoms with Crippen molar-refractivity contribution in [2.45, 2.75) is 25.8 Å². The van der Waals surface area contributed by atoms with E-state index in [1.54, 1.807) is 0 Å². The van der Waals surface area contributed by atoms with E-state index in [1.807, 2.05) is 0 Å². The molecule has 1 fully saturated rings. The van der Waals surface area contributed by atoms with Crippen LogP contribution in [0, 0.1) is 6.54 Å². The molecule has 1 N–H and O–H groups in total. The monoisotopic (exact) mass is 84.1 g/mol. The second-order valence-electron chi connectivity index (χ2n) is 1.85. The molecule has 0 bridgehead atoms. The molecule has 1 rings (SSSR count). The molecule has 1 saturated heterocycles. The van der Waals surface area contributed by atoms with Crippen molar-refractivity contribution in [2.75, 3.05) is 0 Å². The van der Waals surface area contributed by atoms with Crippen molar-refractivity contribution in [3.63, 3.8) is 0 Å². The second kappa shape index (κ2) is 1.61. The highest BCUT2D eigenvalue weighted by atomic mass is 14.9. The van der Waals surface area contributed by atoms with Gasteiger partial charge in [-0.1, -0.05) is 0 Å². The van der Waals surface area contributed by atoms with E-state index in [0.29, 0.717) is 0 Å². The fraction of sp³-hybridized carbons (Fsp3) is 0.800. The molecule has 6 heavy (non-hydrogen) atoms. The molecular formula is C5H10N.